The molecule has 0 radical (unpaired) electrons. The van der Waals surface area contributed by atoms with Crippen molar-refractivity contribution in [3.05, 3.63) is 35.5 Å². The lowest BCUT2D eigenvalue weighted by molar-refractivity contribution is -0.137. The van der Waals surface area contributed by atoms with Crippen molar-refractivity contribution in [3.63, 3.8) is 0 Å². The molecule has 90 valence electrons. The van der Waals surface area contributed by atoms with Crippen molar-refractivity contribution in [2.75, 3.05) is 0 Å². The summed E-state index contributed by atoms with van der Waals surface area (Å²) in [5, 5.41) is 8.94. The van der Waals surface area contributed by atoms with Crippen LogP contribution in [0.15, 0.2) is 24.3 Å². The number of alkyl halides is 3. The number of nitrogens with one attached hydrogen (secondary N) is 1. The van der Waals surface area contributed by atoms with Crippen molar-refractivity contribution in [2.24, 2.45) is 0 Å². The maximum Gasteiger partial charge on any atom is 0.418 e. The van der Waals surface area contributed by atoms with Crippen LogP contribution in [0.25, 0.3) is 10.9 Å². The zero-order valence-electron chi connectivity index (χ0n) is 8.51. The van der Waals surface area contributed by atoms with E-state index in [1.807, 2.05) is 0 Å². The molecule has 0 aliphatic carbocycles. The van der Waals surface area contributed by atoms with Gasteiger partial charge >= 0.3 is 12.1 Å². The number of H-pyrrole nitrogens is 1. The molecule has 1 aromatic heterocycles. The normalized spacial score (nSPS) is 11.9. The van der Waals surface area contributed by atoms with Gasteiger partial charge in [-0.1, -0.05) is 12.1 Å². The van der Waals surface area contributed by atoms with Crippen molar-refractivity contribution in [1.29, 1.82) is 0 Å². The van der Waals surface area contributed by atoms with E-state index in [4.69, 9.17) is 5.11 Å². The molecule has 0 bridgehead atoms. The van der Waals surface area contributed by atoms with Gasteiger partial charge in [0.1, 0.15) is 0 Å². The van der Waals surface area contributed by atoms with Crippen molar-refractivity contribution in [1.82, 2.24) is 4.98 Å². The number of benzene rings is 1. The Labute approximate surface area is 93.9 Å². The number of rotatable bonds is 2. The first-order valence-electron chi connectivity index (χ1n) is 4.77. The number of halogens is 3. The quantitative estimate of drug-likeness (QED) is 0.852. The van der Waals surface area contributed by atoms with Gasteiger partial charge in [0.15, 0.2) is 0 Å². The summed E-state index contributed by atoms with van der Waals surface area (Å²) in [4.78, 5) is 13.0. The van der Waals surface area contributed by atoms with E-state index in [-0.39, 0.29) is 17.6 Å². The predicted octanol–water partition coefficient (Wildman–Crippen LogP) is 2.81. The molecule has 0 fully saturated rings. The molecule has 2 aromatic rings. The van der Waals surface area contributed by atoms with Crippen LogP contribution in [-0.2, 0) is 17.4 Å². The first-order valence-corrected chi connectivity index (χ1v) is 4.77. The number of para-hydroxylation sites is 1. The Morgan fingerprint density at radius 3 is 2.65 bits per heavy atom. The highest BCUT2D eigenvalue weighted by Crippen LogP contribution is 2.34. The van der Waals surface area contributed by atoms with Gasteiger partial charge in [0.2, 0.25) is 0 Å². The second kappa shape index (κ2) is 3.80. The molecule has 0 spiro atoms. The third-order valence-corrected chi connectivity index (χ3v) is 2.36. The minimum absolute atomic E-state index is 0.0729. The van der Waals surface area contributed by atoms with Gasteiger partial charge in [0.05, 0.1) is 17.5 Å². The molecule has 2 rings (SSSR count). The zero-order chi connectivity index (χ0) is 12.6. The second-order valence-electron chi connectivity index (χ2n) is 3.63. The zero-order valence-corrected chi connectivity index (χ0v) is 8.51. The summed E-state index contributed by atoms with van der Waals surface area (Å²) in [6.45, 7) is 0. The lowest BCUT2D eigenvalue weighted by Gasteiger charge is -2.07. The second-order valence-corrected chi connectivity index (χ2v) is 3.63. The highest BCUT2D eigenvalue weighted by atomic mass is 19.4. The average molecular weight is 243 g/mol. The standard InChI is InChI=1S/C11H8F3NO2/c12-11(13,14)8-3-1-2-6-4-7(5-9(16)17)15-10(6)8/h1-4,15H,5H2,(H,16,17). The number of hydrogen-bond acceptors (Lipinski definition) is 1. The summed E-state index contributed by atoms with van der Waals surface area (Å²) in [5.74, 6) is -1.09. The van der Waals surface area contributed by atoms with E-state index in [0.29, 0.717) is 5.39 Å². The molecule has 6 heteroatoms. The molecule has 0 atom stereocenters. The molecular formula is C11H8F3NO2. The summed E-state index contributed by atoms with van der Waals surface area (Å²) >= 11 is 0. The maximum absolute atomic E-state index is 12.7. The lowest BCUT2D eigenvalue weighted by atomic mass is 10.1. The molecule has 0 aliphatic rings. The van der Waals surface area contributed by atoms with Crippen molar-refractivity contribution < 1.29 is 23.1 Å². The van der Waals surface area contributed by atoms with Crippen LogP contribution in [0.1, 0.15) is 11.3 Å². The van der Waals surface area contributed by atoms with E-state index < -0.39 is 17.7 Å². The van der Waals surface area contributed by atoms with Gasteiger partial charge in [-0.3, -0.25) is 4.79 Å². The third kappa shape index (κ3) is 2.25. The predicted molar refractivity (Wildman–Crippen MR) is 54.6 cm³/mol. The minimum atomic E-state index is -4.45. The van der Waals surface area contributed by atoms with Crippen LogP contribution >= 0.6 is 0 Å². The fourth-order valence-corrected chi connectivity index (χ4v) is 1.71. The smallest absolute Gasteiger partial charge is 0.418 e. The Morgan fingerprint density at radius 1 is 1.35 bits per heavy atom. The third-order valence-electron chi connectivity index (χ3n) is 2.36. The van der Waals surface area contributed by atoms with Gasteiger partial charge < -0.3 is 10.1 Å². The molecule has 0 saturated carbocycles. The highest BCUT2D eigenvalue weighted by molar-refractivity contribution is 5.85. The van der Waals surface area contributed by atoms with E-state index in [1.54, 1.807) is 0 Å². The van der Waals surface area contributed by atoms with Crippen LogP contribution in [0.3, 0.4) is 0 Å². The molecular weight excluding hydrogens is 235 g/mol. The molecule has 1 heterocycles. The number of carboxylic acids is 1. The van der Waals surface area contributed by atoms with Gasteiger partial charge in [0, 0.05) is 11.1 Å². The first kappa shape index (κ1) is 11.5. The highest BCUT2D eigenvalue weighted by Gasteiger charge is 2.33. The van der Waals surface area contributed by atoms with Gasteiger partial charge in [-0.15, -0.1) is 0 Å². The van der Waals surface area contributed by atoms with E-state index in [2.05, 4.69) is 4.98 Å². The molecule has 1 aromatic carbocycles. The summed E-state index contributed by atoms with van der Waals surface area (Å²) < 4.78 is 38.0. The number of carboxylic acid groups (broad SMARTS) is 1. The molecule has 0 unspecified atom stereocenters. The number of aliphatic carboxylic acids is 1. The van der Waals surface area contributed by atoms with Crippen LogP contribution in [-0.4, -0.2) is 16.1 Å². The van der Waals surface area contributed by atoms with E-state index in [9.17, 15) is 18.0 Å². The van der Waals surface area contributed by atoms with E-state index in [0.717, 1.165) is 6.07 Å². The van der Waals surface area contributed by atoms with E-state index >= 15 is 0 Å². The lowest BCUT2D eigenvalue weighted by Crippen LogP contribution is -2.05. The van der Waals surface area contributed by atoms with E-state index in [1.165, 1.54) is 18.2 Å². The molecule has 17 heavy (non-hydrogen) atoms. The van der Waals surface area contributed by atoms with Crippen LogP contribution in [0, 0.1) is 0 Å². The Bertz CT molecular complexity index is 572. The summed E-state index contributed by atoms with van der Waals surface area (Å²) in [7, 11) is 0. The Morgan fingerprint density at radius 2 is 2.06 bits per heavy atom. The van der Waals surface area contributed by atoms with Gasteiger partial charge in [-0.05, 0) is 12.1 Å². The minimum Gasteiger partial charge on any atom is -0.481 e. The Hall–Kier alpha value is -1.98. The average Bonchev–Trinajstić information content (AvgIpc) is 2.55. The van der Waals surface area contributed by atoms with Gasteiger partial charge in [-0.25, -0.2) is 0 Å². The number of hydrogen-bond donors (Lipinski definition) is 2. The molecule has 0 saturated heterocycles. The molecule has 3 nitrogen and oxygen atoms in total. The first-order chi connectivity index (χ1) is 7.88. The summed E-state index contributed by atoms with van der Waals surface area (Å²) in [5.41, 5.74) is -0.605. The van der Waals surface area contributed by atoms with Crippen LogP contribution < -0.4 is 0 Å². The number of carbonyl (C=O) groups is 1. The summed E-state index contributed by atoms with van der Waals surface area (Å²) in [6, 6.07) is 5.18. The molecule has 0 aliphatic heterocycles. The SMILES string of the molecule is O=C(O)Cc1cc2cccc(C(F)(F)F)c2[nH]1. The Balaban J connectivity index is 2.57. The fraction of sp³-hybridized carbons (Fsp3) is 0.182. The maximum atomic E-state index is 12.7. The number of aromatic amines is 1. The van der Waals surface area contributed by atoms with Crippen LogP contribution in [0.2, 0.25) is 0 Å². The van der Waals surface area contributed by atoms with Crippen molar-refractivity contribution in [2.45, 2.75) is 12.6 Å². The van der Waals surface area contributed by atoms with Crippen molar-refractivity contribution >= 4 is 16.9 Å². The number of fused-ring (bicyclic) bond motifs is 1. The van der Waals surface area contributed by atoms with Crippen LogP contribution in [0.5, 0.6) is 0 Å². The molecule has 0 amide bonds. The molecule has 2 N–H and O–H groups in total. The topological polar surface area (TPSA) is 53.1 Å². The monoisotopic (exact) mass is 243 g/mol. The summed E-state index contributed by atoms with van der Waals surface area (Å²) in [6.07, 6.45) is -4.78. The number of aromatic nitrogens is 1. The largest absolute Gasteiger partial charge is 0.481 e. The Kier molecular flexibility index (Phi) is 2.57. The van der Waals surface area contributed by atoms with Crippen LogP contribution in [0.4, 0.5) is 13.2 Å². The van der Waals surface area contributed by atoms with Gasteiger partial charge in [-0.2, -0.15) is 13.2 Å². The fourth-order valence-electron chi connectivity index (χ4n) is 1.71. The van der Waals surface area contributed by atoms with Gasteiger partial charge in [0.25, 0.3) is 0 Å². The van der Waals surface area contributed by atoms with Crippen molar-refractivity contribution in [3.8, 4) is 0 Å².